The third-order valence-corrected chi connectivity index (χ3v) is 5.01. The predicted molar refractivity (Wildman–Crippen MR) is 86.5 cm³/mol. The topological polar surface area (TPSA) is 67.0 Å². The van der Waals surface area contributed by atoms with Crippen molar-refractivity contribution < 1.29 is 9.53 Å². The molecule has 1 fully saturated rings. The van der Waals surface area contributed by atoms with Crippen molar-refractivity contribution in [3.8, 4) is 0 Å². The van der Waals surface area contributed by atoms with Crippen LogP contribution >= 0.6 is 0 Å². The quantitative estimate of drug-likeness (QED) is 0.893. The smallest absolute Gasteiger partial charge is 0.271 e. The Labute approximate surface area is 135 Å². The highest BCUT2D eigenvalue weighted by Crippen LogP contribution is 2.40. The number of aryl methyl sites for hydroxylation is 1. The molecule has 2 aliphatic heterocycles. The lowest BCUT2D eigenvalue weighted by Gasteiger charge is -2.36. The third kappa shape index (κ3) is 2.45. The van der Waals surface area contributed by atoms with Crippen molar-refractivity contribution in [2.75, 3.05) is 19.8 Å². The van der Waals surface area contributed by atoms with Crippen molar-refractivity contribution in [1.82, 2.24) is 15.3 Å². The lowest BCUT2D eigenvalue weighted by atomic mass is 9.73. The zero-order valence-corrected chi connectivity index (χ0v) is 13.1. The number of hydrogen-bond acceptors (Lipinski definition) is 3. The van der Waals surface area contributed by atoms with Crippen molar-refractivity contribution in [3.05, 3.63) is 53.1 Å². The van der Waals surface area contributed by atoms with Gasteiger partial charge in [-0.05, 0) is 31.2 Å². The van der Waals surface area contributed by atoms with E-state index in [2.05, 4.69) is 34.6 Å². The number of fused-ring (bicyclic) bond motifs is 1. The Bertz CT molecular complexity index is 702. The van der Waals surface area contributed by atoms with Crippen molar-refractivity contribution in [1.29, 1.82) is 0 Å². The molecule has 2 aromatic rings. The number of amides is 1. The first-order valence-electron chi connectivity index (χ1n) is 8.30. The highest BCUT2D eigenvalue weighted by atomic mass is 16.5. The van der Waals surface area contributed by atoms with Crippen LogP contribution in [0.25, 0.3) is 0 Å². The van der Waals surface area contributed by atoms with Crippen molar-refractivity contribution >= 4 is 5.91 Å². The van der Waals surface area contributed by atoms with Gasteiger partial charge in [-0.15, -0.1) is 0 Å². The molecule has 0 aliphatic carbocycles. The predicted octanol–water partition coefficient (Wildman–Crippen LogP) is 2.18. The first kappa shape index (κ1) is 14.5. The molecule has 1 saturated heterocycles. The van der Waals surface area contributed by atoms with Crippen LogP contribution in [-0.2, 0) is 16.6 Å². The van der Waals surface area contributed by atoms with Gasteiger partial charge in [0.15, 0.2) is 0 Å². The summed E-state index contributed by atoms with van der Waals surface area (Å²) in [4.78, 5) is 20.5. The SMILES string of the molecule is O=C1NCCCc2[nH]c(C3(c4ccccc4)CCOCC3)nc21. The molecule has 0 spiro atoms. The number of carbonyl (C=O) groups is 1. The molecule has 5 heteroatoms. The van der Waals surface area contributed by atoms with Crippen LogP contribution in [0.3, 0.4) is 0 Å². The van der Waals surface area contributed by atoms with Crippen LogP contribution in [0, 0.1) is 0 Å². The van der Waals surface area contributed by atoms with Gasteiger partial charge in [-0.1, -0.05) is 30.3 Å². The molecule has 0 radical (unpaired) electrons. The number of aromatic nitrogens is 2. The first-order valence-corrected chi connectivity index (χ1v) is 8.30. The van der Waals surface area contributed by atoms with E-state index in [4.69, 9.17) is 9.72 Å². The zero-order chi connectivity index (χ0) is 15.7. The van der Waals surface area contributed by atoms with Crippen LogP contribution < -0.4 is 5.32 Å². The minimum Gasteiger partial charge on any atom is -0.381 e. The molecule has 0 atom stereocenters. The number of ether oxygens (including phenoxy) is 1. The molecule has 5 nitrogen and oxygen atoms in total. The maximum absolute atomic E-state index is 12.2. The van der Waals surface area contributed by atoms with E-state index < -0.39 is 0 Å². The average molecular weight is 311 g/mol. The summed E-state index contributed by atoms with van der Waals surface area (Å²) in [6.07, 6.45) is 3.57. The van der Waals surface area contributed by atoms with Gasteiger partial charge in [0, 0.05) is 25.5 Å². The highest BCUT2D eigenvalue weighted by Gasteiger charge is 2.40. The van der Waals surface area contributed by atoms with E-state index in [1.165, 1.54) is 5.56 Å². The van der Waals surface area contributed by atoms with Crippen LogP contribution in [0.15, 0.2) is 30.3 Å². The fraction of sp³-hybridized carbons (Fsp3) is 0.444. The number of H-pyrrole nitrogens is 1. The monoisotopic (exact) mass is 311 g/mol. The summed E-state index contributed by atoms with van der Waals surface area (Å²) < 4.78 is 5.59. The van der Waals surface area contributed by atoms with Gasteiger partial charge < -0.3 is 15.0 Å². The summed E-state index contributed by atoms with van der Waals surface area (Å²) in [5.74, 6) is 0.851. The Morgan fingerprint density at radius 2 is 1.91 bits per heavy atom. The summed E-state index contributed by atoms with van der Waals surface area (Å²) in [6, 6.07) is 10.5. The van der Waals surface area contributed by atoms with E-state index >= 15 is 0 Å². The van der Waals surface area contributed by atoms with Crippen LogP contribution in [0.2, 0.25) is 0 Å². The molecule has 0 unspecified atom stereocenters. The van der Waals surface area contributed by atoms with Gasteiger partial charge in [-0.2, -0.15) is 0 Å². The van der Waals surface area contributed by atoms with E-state index in [9.17, 15) is 4.79 Å². The highest BCUT2D eigenvalue weighted by molar-refractivity contribution is 5.93. The van der Waals surface area contributed by atoms with Gasteiger partial charge >= 0.3 is 0 Å². The van der Waals surface area contributed by atoms with E-state index in [0.29, 0.717) is 18.9 Å². The first-order chi connectivity index (χ1) is 11.3. The standard InChI is InChI=1S/C18H21N3O2/c22-16-15-14(7-4-10-19-16)20-17(21-15)18(8-11-23-12-9-18)13-5-2-1-3-6-13/h1-3,5-6H,4,7-12H2,(H,19,22)(H,20,21). The van der Waals surface area contributed by atoms with Crippen LogP contribution in [0.5, 0.6) is 0 Å². The molecule has 1 aromatic carbocycles. The molecular formula is C18H21N3O2. The molecule has 4 rings (SSSR count). The number of imidazole rings is 1. The second kappa shape index (κ2) is 5.81. The number of benzene rings is 1. The van der Waals surface area contributed by atoms with Crippen LogP contribution in [-0.4, -0.2) is 35.6 Å². The molecule has 1 amide bonds. The van der Waals surface area contributed by atoms with Crippen molar-refractivity contribution in [2.45, 2.75) is 31.1 Å². The van der Waals surface area contributed by atoms with Crippen LogP contribution in [0.4, 0.5) is 0 Å². The van der Waals surface area contributed by atoms with Gasteiger partial charge in [0.25, 0.3) is 5.91 Å². The van der Waals surface area contributed by atoms with Gasteiger partial charge in [0.05, 0.1) is 5.41 Å². The summed E-state index contributed by atoms with van der Waals surface area (Å²) in [6.45, 7) is 2.15. The molecular weight excluding hydrogens is 290 g/mol. The largest absolute Gasteiger partial charge is 0.381 e. The maximum Gasteiger partial charge on any atom is 0.271 e. The number of hydrogen-bond donors (Lipinski definition) is 2. The zero-order valence-electron chi connectivity index (χ0n) is 13.1. The third-order valence-electron chi connectivity index (χ3n) is 5.01. The van der Waals surface area contributed by atoms with Crippen molar-refractivity contribution in [2.24, 2.45) is 0 Å². The molecule has 120 valence electrons. The molecule has 2 N–H and O–H groups in total. The Balaban J connectivity index is 1.82. The van der Waals surface area contributed by atoms with E-state index in [1.807, 2.05) is 6.07 Å². The van der Waals surface area contributed by atoms with Crippen LogP contribution in [0.1, 0.15) is 46.8 Å². The minimum absolute atomic E-state index is 0.0599. The molecule has 0 bridgehead atoms. The minimum atomic E-state index is -0.189. The normalized spacial score (nSPS) is 20.4. The molecule has 0 saturated carbocycles. The van der Waals surface area contributed by atoms with E-state index in [0.717, 1.165) is 43.7 Å². The van der Waals surface area contributed by atoms with Gasteiger partial charge in [0.2, 0.25) is 0 Å². The van der Waals surface area contributed by atoms with Crippen molar-refractivity contribution in [3.63, 3.8) is 0 Å². The lowest BCUT2D eigenvalue weighted by molar-refractivity contribution is 0.0606. The Kier molecular flexibility index (Phi) is 3.65. The number of nitrogens with zero attached hydrogens (tertiary/aromatic N) is 1. The Hall–Kier alpha value is -2.14. The van der Waals surface area contributed by atoms with Gasteiger partial charge in [0.1, 0.15) is 11.5 Å². The number of carbonyl (C=O) groups excluding carboxylic acids is 1. The molecule has 1 aromatic heterocycles. The fourth-order valence-electron chi connectivity index (χ4n) is 3.69. The van der Waals surface area contributed by atoms with E-state index in [-0.39, 0.29) is 11.3 Å². The number of nitrogens with one attached hydrogen (secondary N) is 2. The fourth-order valence-corrected chi connectivity index (χ4v) is 3.69. The second-order valence-electron chi connectivity index (χ2n) is 6.33. The van der Waals surface area contributed by atoms with Gasteiger partial charge in [-0.25, -0.2) is 4.98 Å². The van der Waals surface area contributed by atoms with Gasteiger partial charge in [-0.3, -0.25) is 4.79 Å². The number of aromatic amines is 1. The Morgan fingerprint density at radius 1 is 1.13 bits per heavy atom. The maximum atomic E-state index is 12.2. The lowest BCUT2D eigenvalue weighted by Crippen LogP contribution is -2.36. The average Bonchev–Trinajstić information content (AvgIpc) is 2.97. The second-order valence-corrected chi connectivity index (χ2v) is 6.33. The Morgan fingerprint density at radius 3 is 2.70 bits per heavy atom. The summed E-state index contributed by atoms with van der Waals surface area (Å²) in [5, 5.41) is 2.92. The summed E-state index contributed by atoms with van der Waals surface area (Å²) >= 11 is 0. The molecule has 23 heavy (non-hydrogen) atoms. The molecule has 3 heterocycles. The summed E-state index contributed by atoms with van der Waals surface area (Å²) in [5.41, 5.74) is 2.59. The summed E-state index contributed by atoms with van der Waals surface area (Å²) in [7, 11) is 0. The molecule has 2 aliphatic rings. The van der Waals surface area contributed by atoms with E-state index in [1.54, 1.807) is 0 Å². The number of rotatable bonds is 2.